The molecule has 0 aliphatic carbocycles. The lowest BCUT2D eigenvalue weighted by Gasteiger charge is -2.20. The smallest absolute Gasteiger partial charge is 0.427 e. The first-order valence-electron chi connectivity index (χ1n) is 6.91. The molecule has 0 aromatic heterocycles. The van der Waals surface area contributed by atoms with Gasteiger partial charge in [-0.15, -0.1) is 0 Å². The fourth-order valence-electron chi connectivity index (χ4n) is 1.34. The summed E-state index contributed by atoms with van der Waals surface area (Å²) in [7, 11) is 0. The summed E-state index contributed by atoms with van der Waals surface area (Å²) < 4.78 is 54.6. The highest BCUT2D eigenvalue weighted by molar-refractivity contribution is 6.36. The van der Waals surface area contributed by atoms with E-state index in [1.165, 1.54) is 0 Å². The zero-order valence-corrected chi connectivity index (χ0v) is 13.1. The average molecular weight is 300 g/mol. The summed E-state index contributed by atoms with van der Waals surface area (Å²) in [5, 5.41) is 0. The minimum atomic E-state index is -3.13. The van der Waals surface area contributed by atoms with Gasteiger partial charge in [0, 0.05) is 19.3 Å². The molecule has 0 fully saturated rings. The Morgan fingerprint density at radius 1 is 0.684 bits per heavy atom. The quantitative estimate of drug-likeness (QED) is 0.503. The molecule has 0 bridgehead atoms. The number of hydrogen-bond acceptors (Lipinski definition) is 3. The van der Waals surface area contributed by atoms with Crippen LogP contribution in [0.5, 0.6) is 0 Å². The Hall–Kier alpha value is 0.202. The van der Waals surface area contributed by atoms with E-state index >= 15 is 0 Å². The van der Waals surface area contributed by atoms with Crippen molar-refractivity contribution in [3.05, 3.63) is 0 Å². The maximum atomic E-state index is 13.3. The molecule has 0 spiro atoms. The van der Waals surface area contributed by atoms with E-state index in [1.807, 2.05) is 0 Å². The van der Waals surface area contributed by atoms with Crippen LogP contribution in [0.15, 0.2) is 0 Å². The van der Waals surface area contributed by atoms with Gasteiger partial charge in [-0.25, -0.2) is 13.2 Å². The van der Waals surface area contributed by atoms with Crippen LogP contribution in [0.2, 0.25) is 0 Å². The normalized spacial score (nSPS) is 16.1. The molecular formula is C12H24AlF3O3. The van der Waals surface area contributed by atoms with Crippen LogP contribution in [0, 0.1) is 0 Å². The van der Waals surface area contributed by atoms with E-state index in [1.54, 1.807) is 20.8 Å². The van der Waals surface area contributed by atoms with Crippen LogP contribution in [-0.2, 0) is 11.4 Å². The molecule has 3 nitrogen and oxygen atoms in total. The van der Waals surface area contributed by atoms with Crippen molar-refractivity contribution >= 4 is 15.1 Å². The lowest BCUT2D eigenvalue weighted by atomic mass is 10.3. The van der Waals surface area contributed by atoms with E-state index in [2.05, 4.69) is 0 Å². The molecule has 0 rings (SSSR count). The Bertz CT molecular complexity index is 179. The van der Waals surface area contributed by atoms with Gasteiger partial charge in [-0.2, -0.15) is 0 Å². The number of alkyl halides is 3. The molecule has 0 aliphatic heterocycles. The van der Waals surface area contributed by atoms with Crippen molar-refractivity contribution in [2.75, 3.05) is 0 Å². The van der Waals surface area contributed by atoms with Gasteiger partial charge in [-0.05, 0) is 0 Å². The summed E-state index contributed by atoms with van der Waals surface area (Å²) in [6, 6.07) is 0. The first kappa shape index (κ1) is 19.2. The highest BCUT2D eigenvalue weighted by Crippen LogP contribution is 2.15. The van der Waals surface area contributed by atoms with Crippen molar-refractivity contribution in [3.63, 3.8) is 0 Å². The van der Waals surface area contributed by atoms with Gasteiger partial charge in [0.15, 0.2) is 19.1 Å². The largest absolute Gasteiger partial charge is 0.911 e. The predicted octanol–water partition coefficient (Wildman–Crippen LogP) is 4.31. The second-order valence-electron chi connectivity index (χ2n) is 4.29. The van der Waals surface area contributed by atoms with Crippen molar-refractivity contribution in [3.8, 4) is 0 Å². The first-order valence-corrected chi connectivity index (χ1v) is 8.33. The minimum Gasteiger partial charge on any atom is -0.427 e. The second-order valence-corrected chi connectivity index (χ2v) is 5.69. The molecule has 0 saturated heterocycles. The lowest BCUT2D eigenvalue weighted by molar-refractivity contribution is -0.0861. The summed E-state index contributed by atoms with van der Waals surface area (Å²) in [5.41, 5.74) is 0. The molecule has 7 heteroatoms. The Morgan fingerprint density at radius 2 is 0.947 bits per heavy atom. The van der Waals surface area contributed by atoms with Crippen LogP contribution in [0.1, 0.15) is 59.3 Å². The van der Waals surface area contributed by atoms with Crippen LogP contribution >= 0.6 is 0 Å². The Balaban J connectivity index is 4.28. The maximum absolute atomic E-state index is 13.3. The predicted molar refractivity (Wildman–Crippen MR) is 68.4 cm³/mol. The van der Waals surface area contributed by atoms with E-state index < -0.39 is 34.2 Å². The molecule has 0 N–H and O–H groups in total. The molecule has 0 amide bonds. The van der Waals surface area contributed by atoms with E-state index in [9.17, 15) is 13.2 Å². The third-order valence-corrected chi connectivity index (χ3v) is 3.88. The Morgan fingerprint density at radius 3 is 1.16 bits per heavy atom. The van der Waals surface area contributed by atoms with Gasteiger partial charge in [0.2, 0.25) is 0 Å². The van der Waals surface area contributed by atoms with Gasteiger partial charge < -0.3 is 11.4 Å². The van der Waals surface area contributed by atoms with Gasteiger partial charge in [-0.1, -0.05) is 40.0 Å². The lowest BCUT2D eigenvalue weighted by Crippen LogP contribution is -2.36. The highest BCUT2D eigenvalue weighted by atomic mass is 27.3. The fourth-order valence-corrected chi connectivity index (χ4v) is 2.67. The minimum absolute atomic E-state index is 0.158. The van der Waals surface area contributed by atoms with E-state index in [4.69, 9.17) is 11.4 Å². The zero-order valence-electron chi connectivity index (χ0n) is 11.9. The van der Waals surface area contributed by atoms with Crippen LogP contribution in [0.3, 0.4) is 0 Å². The molecule has 0 aromatic carbocycles. The summed E-state index contributed by atoms with van der Waals surface area (Å²) in [4.78, 5) is 0. The summed E-state index contributed by atoms with van der Waals surface area (Å²) in [6.45, 7) is 5.37. The first-order chi connectivity index (χ1) is 9.03. The summed E-state index contributed by atoms with van der Waals surface area (Å²) in [5.74, 6) is 0. The topological polar surface area (TPSA) is 27.7 Å². The van der Waals surface area contributed by atoms with E-state index in [-0.39, 0.29) is 19.3 Å². The molecule has 0 aromatic rings. The SMILES string of the molecule is CCCC(F)[O][Al]([O]C(F)CCC)[O]C(F)CCC. The van der Waals surface area contributed by atoms with Crippen molar-refractivity contribution in [2.45, 2.75) is 78.4 Å². The monoisotopic (exact) mass is 300 g/mol. The van der Waals surface area contributed by atoms with Crippen molar-refractivity contribution in [1.29, 1.82) is 0 Å². The molecular weight excluding hydrogens is 276 g/mol. The van der Waals surface area contributed by atoms with Crippen LogP contribution < -0.4 is 0 Å². The third kappa shape index (κ3) is 10.6. The van der Waals surface area contributed by atoms with Crippen molar-refractivity contribution in [2.24, 2.45) is 0 Å². The molecule has 0 radical (unpaired) electrons. The van der Waals surface area contributed by atoms with Crippen molar-refractivity contribution in [1.82, 2.24) is 0 Å². The Kier molecular flexibility index (Phi) is 12.1. The molecule has 0 aliphatic rings. The number of hydrogen-bond donors (Lipinski definition) is 0. The van der Waals surface area contributed by atoms with Crippen molar-refractivity contribution < 1.29 is 24.5 Å². The number of halogens is 3. The zero-order chi connectivity index (χ0) is 14.7. The summed E-state index contributed by atoms with van der Waals surface area (Å²) >= 11 is -3.13. The average Bonchev–Trinajstić information content (AvgIpc) is 2.29. The van der Waals surface area contributed by atoms with Gasteiger partial charge >= 0.3 is 15.1 Å². The molecule has 0 saturated carbocycles. The fraction of sp³-hybridized carbons (Fsp3) is 1.00. The van der Waals surface area contributed by atoms with Gasteiger partial charge in [0.1, 0.15) is 0 Å². The van der Waals surface area contributed by atoms with Gasteiger partial charge in [0.05, 0.1) is 0 Å². The molecule has 3 atom stereocenters. The van der Waals surface area contributed by atoms with Gasteiger partial charge in [0.25, 0.3) is 0 Å². The maximum Gasteiger partial charge on any atom is 0.911 e. The molecule has 3 unspecified atom stereocenters. The highest BCUT2D eigenvalue weighted by Gasteiger charge is 2.39. The van der Waals surface area contributed by atoms with Gasteiger partial charge in [-0.3, -0.25) is 0 Å². The summed E-state index contributed by atoms with van der Waals surface area (Å²) in [6.07, 6.45) is -2.58. The van der Waals surface area contributed by atoms with Crippen LogP contribution in [0.4, 0.5) is 13.2 Å². The number of rotatable bonds is 12. The standard InChI is InChI=1S/3C4H8FO.Al/c3*1-2-3-4(5)6;/h3*4H,2-3H2,1H3;/q3*-1;+3. The second kappa shape index (κ2) is 12.0. The van der Waals surface area contributed by atoms with E-state index in [0.717, 1.165) is 0 Å². The van der Waals surface area contributed by atoms with E-state index in [0.29, 0.717) is 19.3 Å². The Labute approximate surface area is 118 Å². The molecule has 0 heterocycles. The van der Waals surface area contributed by atoms with Crippen LogP contribution in [-0.4, -0.2) is 34.2 Å². The van der Waals surface area contributed by atoms with Crippen LogP contribution in [0.25, 0.3) is 0 Å². The molecule has 19 heavy (non-hydrogen) atoms. The molecule has 114 valence electrons. The third-order valence-electron chi connectivity index (χ3n) is 2.32.